The minimum absolute atomic E-state index is 1.32. The molecular weight excluding hydrogens is 645 g/mol. The highest BCUT2D eigenvalue weighted by atomic mass is 32.2. The molecule has 0 saturated heterocycles. The topological polar surface area (TPSA) is 57.2 Å². The third-order valence-corrected chi connectivity index (χ3v) is 6.66. The van der Waals surface area contributed by atoms with Gasteiger partial charge in [-0.25, -0.2) is 8.42 Å². The number of alkyl halides is 17. The van der Waals surface area contributed by atoms with Gasteiger partial charge in [0.05, 0.1) is 26.2 Å². The first kappa shape index (κ1) is 41.8. The zero-order chi connectivity index (χ0) is 33.9. The predicted molar refractivity (Wildman–Crippen MR) is 107 cm³/mol. The minimum atomic E-state index is -8.92. The van der Waals surface area contributed by atoms with E-state index in [0.717, 1.165) is 0 Å². The van der Waals surface area contributed by atoms with Crippen molar-refractivity contribution in [3.05, 3.63) is 0 Å². The molecule has 0 saturated carbocycles. The SMILES string of the molecule is CCC[N+](CC)(CCC)CCC.O=S(=O)([O-])C(F)(F)C(F)(F)C(F)(F)C(F)(F)C(F)(F)C(F)(F)C(F)(F)C(F)(F)F. The molecule has 0 aliphatic heterocycles. The van der Waals surface area contributed by atoms with Crippen molar-refractivity contribution >= 4 is 10.1 Å². The van der Waals surface area contributed by atoms with Crippen LogP contribution in [0.3, 0.4) is 0 Å². The first-order valence-corrected chi connectivity index (χ1v) is 12.7. The van der Waals surface area contributed by atoms with Gasteiger partial charge < -0.3 is 9.04 Å². The number of quaternary nitrogens is 1. The molecule has 0 aliphatic rings. The molecule has 0 heterocycles. The van der Waals surface area contributed by atoms with Gasteiger partial charge in [0.1, 0.15) is 0 Å². The predicted octanol–water partition coefficient (Wildman–Crippen LogP) is 7.55. The van der Waals surface area contributed by atoms with Crippen LogP contribution >= 0.6 is 0 Å². The van der Waals surface area contributed by atoms with Crippen molar-refractivity contribution in [1.29, 1.82) is 0 Å². The normalized spacial score (nSPS) is 15.5. The lowest BCUT2D eigenvalue weighted by Gasteiger charge is -2.42. The summed E-state index contributed by atoms with van der Waals surface area (Å²) in [7, 11) is -8.14. The lowest BCUT2D eigenvalue weighted by Crippen LogP contribution is -2.75. The van der Waals surface area contributed by atoms with E-state index >= 15 is 0 Å². The molecule has 0 N–H and O–H groups in total. The van der Waals surface area contributed by atoms with Crippen molar-refractivity contribution in [1.82, 2.24) is 0 Å². The molecule has 4 nitrogen and oxygen atoms in total. The van der Waals surface area contributed by atoms with Crippen molar-refractivity contribution in [2.75, 3.05) is 26.2 Å². The van der Waals surface area contributed by atoms with Crippen LogP contribution in [0.5, 0.6) is 0 Å². The molecule has 0 aromatic rings. The van der Waals surface area contributed by atoms with E-state index in [0.29, 0.717) is 0 Å². The Morgan fingerprint density at radius 3 is 0.927 bits per heavy atom. The van der Waals surface area contributed by atoms with Gasteiger partial charge in [-0.3, -0.25) is 0 Å². The average molecular weight is 671 g/mol. The van der Waals surface area contributed by atoms with E-state index in [4.69, 9.17) is 0 Å². The van der Waals surface area contributed by atoms with Crippen LogP contribution in [-0.4, -0.2) is 90.6 Å². The van der Waals surface area contributed by atoms with E-state index < -0.39 is 57.1 Å². The molecule has 0 spiro atoms. The number of rotatable bonds is 14. The largest absolute Gasteiger partial charge is 0.743 e. The second-order valence-corrected chi connectivity index (χ2v) is 10.2. The van der Waals surface area contributed by atoms with Gasteiger partial charge in [0.2, 0.25) is 0 Å². The van der Waals surface area contributed by atoms with Gasteiger partial charge in [-0.2, -0.15) is 74.6 Å². The third-order valence-electron chi connectivity index (χ3n) is 5.77. The molecule has 250 valence electrons. The Labute approximate surface area is 223 Å². The summed E-state index contributed by atoms with van der Waals surface area (Å²) in [5, 5.41) is -7.95. The van der Waals surface area contributed by atoms with Crippen molar-refractivity contribution < 1.29 is 92.1 Å². The second kappa shape index (κ2) is 12.7. The number of hydrogen-bond donors (Lipinski definition) is 0. The fraction of sp³-hybridized carbons (Fsp3) is 1.00. The lowest BCUT2D eigenvalue weighted by molar-refractivity contribution is -0.926. The summed E-state index contributed by atoms with van der Waals surface area (Å²) < 4.78 is 245. The molecule has 41 heavy (non-hydrogen) atoms. The van der Waals surface area contributed by atoms with Gasteiger partial charge in [-0.1, -0.05) is 20.8 Å². The Balaban J connectivity index is 0. The molecule has 0 unspecified atom stereocenters. The summed E-state index contributed by atoms with van der Waals surface area (Å²) in [4.78, 5) is 0. The van der Waals surface area contributed by atoms with E-state index in [1.807, 2.05) is 0 Å². The van der Waals surface area contributed by atoms with Crippen LogP contribution in [0.4, 0.5) is 74.6 Å². The van der Waals surface area contributed by atoms with Crippen LogP contribution in [0.2, 0.25) is 0 Å². The first-order valence-electron chi connectivity index (χ1n) is 11.3. The molecule has 0 atom stereocenters. The van der Waals surface area contributed by atoms with Crippen LogP contribution in [-0.2, 0) is 10.1 Å². The van der Waals surface area contributed by atoms with E-state index in [9.17, 15) is 87.6 Å². The molecule has 0 radical (unpaired) electrons. The maximum atomic E-state index is 13.0. The van der Waals surface area contributed by atoms with Crippen LogP contribution in [0, 0.1) is 0 Å². The Morgan fingerprint density at radius 1 is 0.488 bits per heavy atom. The third kappa shape index (κ3) is 7.09. The number of nitrogens with zero attached hydrogens (tertiary/aromatic N) is 1. The monoisotopic (exact) mass is 671 g/mol. The van der Waals surface area contributed by atoms with Crippen molar-refractivity contribution in [2.45, 2.75) is 93.9 Å². The maximum Gasteiger partial charge on any atom is 0.460 e. The fourth-order valence-electron chi connectivity index (χ4n) is 3.54. The van der Waals surface area contributed by atoms with Crippen molar-refractivity contribution in [2.24, 2.45) is 0 Å². The number of halogens is 17. The van der Waals surface area contributed by atoms with Crippen molar-refractivity contribution in [3.63, 3.8) is 0 Å². The molecule has 22 heteroatoms. The van der Waals surface area contributed by atoms with E-state index in [-0.39, 0.29) is 0 Å². The van der Waals surface area contributed by atoms with E-state index in [2.05, 4.69) is 27.7 Å². The maximum absolute atomic E-state index is 13.0. The summed E-state index contributed by atoms with van der Waals surface area (Å²) in [5.41, 5.74) is 0. The Morgan fingerprint density at radius 2 is 0.732 bits per heavy atom. The van der Waals surface area contributed by atoms with Gasteiger partial charge in [-0.05, 0) is 26.2 Å². The molecule has 0 bridgehead atoms. The summed E-state index contributed by atoms with van der Waals surface area (Å²) in [6, 6.07) is 0. The van der Waals surface area contributed by atoms with E-state index in [1.54, 1.807) is 0 Å². The number of hydrogen-bond acceptors (Lipinski definition) is 3. The summed E-state index contributed by atoms with van der Waals surface area (Å²) in [6.45, 7) is 14.7. The average Bonchev–Trinajstić information content (AvgIpc) is 2.77. The van der Waals surface area contributed by atoms with Crippen LogP contribution < -0.4 is 0 Å². The second-order valence-electron chi connectivity index (χ2n) is 8.74. The molecule has 0 aliphatic carbocycles. The van der Waals surface area contributed by atoms with Crippen LogP contribution in [0.1, 0.15) is 47.0 Å². The zero-order valence-electron chi connectivity index (χ0n) is 21.5. The van der Waals surface area contributed by atoms with Gasteiger partial charge in [0, 0.05) is 0 Å². The van der Waals surface area contributed by atoms with Gasteiger partial charge in [-0.15, -0.1) is 0 Å². The zero-order valence-corrected chi connectivity index (χ0v) is 22.3. The van der Waals surface area contributed by atoms with Crippen LogP contribution in [0.15, 0.2) is 0 Å². The molecular formula is C19H26F17NO3S. The quantitative estimate of drug-likeness (QED) is 0.109. The van der Waals surface area contributed by atoms with Crippen molar-refractivity contribution in [3.8, 4) is 0 Å². The summed E-state index contributed by atoms with van der Waals surface area (Å²) >= 11 is 0. The molecule has 0 amide bonds. The minimum Gasteiger partial charge on any atom is -0.743 e. The first-order chi connectivity index (χ1) is 17.7. The highest BCUT2D eigenvalue weighted by Gasteiger charge is 2.95. The molecule has 0 aromatic carbocycles. The lowest BCUT2D eigenvalue weighted by atomic mass is 9.91. The highest BCUT2D eigenvalue weighted by Crippen LogP contribution is 2.64. The molecule has 0 rings (SSSR count). The molecule has 0 aromatic heterocycles. The summed E-state index contributed by atoms with van der Waals surface area (Å²) in [6.07, 6.45) is -3.91. The summed E-state index contributed by atoms with van der Waals surface area (Å²) in [5.74, 6) is -52.1. The Kier molecular flexibility index (Phi) is 13.0. The Hall–Kier alpha value is -1.32. The molecule has 0 fully saturated rings. The Bertz CT molecular complexity index is 932. The smallest absolute Gasteiger partial charge is 0.460 e. The van der Waals surface area contributed by atoms with E-state index in [1.165, 1.54) is 49.9 Å². The van der Waals surface area contributed by atoms with Gasteiger partial charge >= 0.3 is 47.0 Å². The standard InChI is InChI=1S/C11H26N.C8HF17O3S/c1-5-9-12(8-4,10-6-2)11-7-3;9-1(10,3(13,14)5(17,18)7(21,22)23)2(11,12)4(15,16)6(19,20)8(24,25)29(26,27)28/h5-11H2,1-4H3;(H,26,27,28)/q+1;/p-1. The highest BCUT2D eigenvalue weighted by molar-refractivity contribution is 7.86. The van der Waals surface area contributed by atoms with Gasteiger partial charge in [0.25, 0.3) is 0 Å². The van der Waals surface area contributed by atoms with Crippen LogP contribution in [0.25, 0.3) is 0 Å². The fourth-order valence-corrected chi connectivity index (χ4v) is 3.98. The van der Waals surface area contributed by atoms with Gasteiger partial charge in [0.15, 0.2) is 10.1 Å².